The molecule has 1 aliphatic carbocycles. The highest BCUT2D eigenvalue weighted by molar-refractivity contribution is 5.21. The lowest BCUT2D eigenvalue weighted by atomic mass is 9.77. The second-order valence-corrected chi connectivity index (χ2v) is 5.18. The van der Waals surface area contributed by atoms with Gasteiger partial charge in [0.15, 0.2) is 0 Å². The predicted octanol–water partition coefficient (Wildman–Crippen LogP) is 4.05. The lowest BCUT2D eigenvalue weighted by Gasteiger charge is -2.34. The Morgan fingerprint density at radius 2 is 2.00 bits per heavy atom. The second kappa shape index (κ2) is 5.57. The van der Waals surface area contributed by atoms with E-state index >= 15 is 0 Å². The summed E-state index contributed by atoms with van der Waals surface area (Å²) in [4.78, 5) is 0. The molecule has 0 bridgehead atoms. The molecule has 1 unspecified atom stereocenters. The highest BCUT2D eigenvalue weighted by Crippen LogP contribution is 2.37. The summed E-state index contributed by atoms with van der Waals surface area (Å²) in [5.74, 6) is 1.41. The van der Waals surface area contributed by atoms with E-state index in [1.807, 2.05) is 24.3 Å². The monoisotopic (exact) mass is 259 g/mol. The zero-order chi connectivity index (χ0) is 13.1. The Kier molecular flexibility index (Phi) is 3.65. The molecule has 1 saturated carbocycles. The normalized spacial score (nSPS) is 17.1. The molecule has 3 rings (SSSR count). The van der Waals surface area contributed by atoms with E-state index in [9.17, 15) is 4.39 Å². The lowest BCUT2D eigenvalue weighted by molar-refractivity contribution is 0.226. The van der Waals surface area contributed by atoms with Crippen LogP contribution in [0.4, 0.5) is 4.39 Å². The number of nitrogens with one attached hydrogen (secondary N) is 1. The maximum atomic E-state index is 13.0. The summed E-state index contributed by atoms with van der Waals surface area (Å²) < 4.78 is 18.4. The van der Waals surface area contributed by atoms with E-state index in [1.165, 1.54) is 31.4 Å². The molecule has 2 nitrogen and oxygen atoms in total. The van der Waals surface area contributed by atoms with Gasteiger partial charge in [0.2, 0.25) is 0 Å². The molecule has 1 aromatic heterocycles. The first kappa shape index (κ1) is 12.4. The fourth-order valence-electron chi connectivity index (χ4n) is 2.62. The molecule has 1 N–H and O–H groups in total. The molecular weight excluding hydrogens is 241 g/mol. The van der Waals surface area contributed by atoms with Crippen molar-refractivity contribution >= 4 is 0 Å². The van der Waals surface area contributed by atoms with Gasteiger partial charge >= 0.3 is 0 Å². The van der Waals surface area contributed by atoms with E-state index in [4.69, 9.17) is 4.42 Å². The van der Waals surface area contributed by atoms with Gasteiger partial charge in [-0.3, -0.25) is 0 Å². The molecule has 100 valence electrons. The highest BCUT2D eigenvalue weighted by atomic mass is 19.1. The average molecular weight is 259 g/mol. The van der Waals surface area contributed by atoms with Crippen LogP contribution in [0.25, 0.3) is 0 Å². The summed E-state index contributed by atoms with van der Waals surface area (Å²) in [5.41, 5.74) is 1.16. The zero-order valence-corrected chi connectivity index (χ0v) is 10.8. The maximum Gasteiger partial charge on any atom is 0.123 e. The van der Waals surface area contributed by atoms with Crippen LogP contribution in [0.3, 0.4) is 0 Å². The van der Waals surface area contributed by atoms with Gasteiger partial charge in [0.25, 0.3) is 0 Å². The van der Waals surface area contributed by atoms with Crippen LogP contribution in [0.2, 0.25) is 0 Å². The molecule has 1 fully saturated rings. The Balaban J connectivity index is 1.71. The standard InChI is InChI=1S/C16H18FNO/c17-14-8-6-13(7-9-14)16(12-3-1-4-12)18-11-15-5-2-10-19-15/h2,5-10,12,16,18H,1,3-4,11H2. The first-order chi connectivity index (χ1) is 9.33. The van der Waals surface area contributed by atoms with E-state index in [-0.39, 0.29) is 5.82 Å². The molecule has 0 saturated heterocycles. The molecule has 1 atom stereocenters. The summed E-state index contributed by atoms with van der Waals surface area (Å²) >= 11 is 0. The van der Waals surface area contributed by atoms with E-state index in [0.717, 1.165) is 11.3 Å². The Morgan fingerprint density at radius 3 is 2.58 bits per heavy atom. The SMILES string of the molecule is Fc1ccc(C(NCc2ccco2)C2CCC2)cc1. The number of rotatable bonds is 5. The Morgan fingerprint density at radius 1 is 1.21 bits per heavy atom. The van der Waals surface area contributed by atoms with Gasteiger partial charge in [-0.2, -0.15) is 0 Å². The number of benzene rings is 1. The van der Waals surface area contributed by atoms with Crippen molar-refractivity contribution in [2.24, 2.45) is 5.92 Å². The van der Waals surface area contributed by atoms with Crippen molar-refractivity contribution in [2.45, 2.75) is 31.8 Å². The van der Waals surface area contributed by atoms with Crippen molar-refractivity contribution in [3.05, 3.63) is 59.8 Å². The molecule has 1 heterocycles. The van der Waals surface area contributed by atoms with E-state index in [1.54, 1.807) is 6.26 Å². The summed E-state index contributed by atoms with van der Waals surface area (Å²) in [6, 6.07) is 11.0. The van der Waals surface area contributed by atoms with Crippen molar-refractivity contribution in [1.82, 2.24) is 5.32 Å². The Labute approximate surface area is 112 Å². The fourth-order valence-corrected chi connectivity index (χ4v) is 2.62. The van der Waals surface area contributed by atoms with Gasteiger partial charge in [-0.25, -0.2) is 4.39 Å². The molecule has 0 amide bonds. The van der Waals surface area contributed by atoms with Gasteiger partial charge in [0.1, 0.15) is 11.6 Å². The van der Waals surface area contributed by atoms with Crippen molar-refractivity contribution in [2.75, 3.05) is 0 Å². The van der Waals surface area contributed by atoms with Crippen LogP contribution in [0.15, 0.2) is 47.1 Å². The van der Waals surface area contributed by atoms with Crippen molar-refractivity contribution in [1.29, 1.82) is 0 Å². The van der Waals surface area contributed by atoms with Crippen LogP contribution < -0.4 is 5.32 Å². The Hall–Kier alpha value is -1.61. The van der Waals surface area contributed by atoms with Crippen molar-refractivity contribution in [3.8, 4) is 0 Å². The zero-order valence-electron chi connectivity index (χ0n) is 10.8. The summed E-state index contributed by atoms with van der Waals surface area (Å²) in [5, 5.41) is 3.54. The second-order valence-electron chi connectivity index (χ2n) is 5.18. The fraction of sp³-hybridized carbons (Fsp3) is 0.375. The highest BCUT2D eigenvalue weighted by Gasteiger charge is 2.28. The summed E-state index contributed by atoms with van der Waals surface area (Å²) in [6.07, 6.45) is 5.47. The molecule has 0 aliphatic heterocycles. The quantitative estimate of drug-likeness (QED) is 0.876. The van der Waals surface area contributed by atoms with Crippen LogP contribution in [-0.4, -0.2) is 0 Å². The Bertz CT molecular complexity index is 502. The van der Waals surface area contributed by atoms with Crippen LogP contribution in [0.5, 0.6) is 0 Å². The van der Waals surface area contributed by atoms with E-state index in [0.29, 0.717) is 18.5 Å². The number of furan rings is 1. The van der Waals surface area contributed by atoms with Crippen molar-refractivity contribution < 1.29 is 8.81 Å². The lowest BCUT2D eigenvalue weighted by Crippen LogP contribution is -2.31. The summed E-state index contributed by atoms with van der Waals surface area (Å²) in [7, 11) is 0. The molecule has 0 spiro atoms. The molecule has 3 heteroatoms. The largest absolute Gasteiger partial charge is 0.468 e. The van der Waals surface area contributed by atoms with Crippen LogP contribution in [0, 0.1) is 11.7 Å². The first-order valence-corrected chi connectivity index (χ1v) is 6.84. The van der Waals surface area contributed by atoms with Gasteiger partial charge in [0, 0.05) is 6.04 Å². The van der Waals surface area contributed by atoms with Gasteiger partial charge in [-0.1, -0.05) is 18.6 Å². The van der Waals surface area contributed by atoms with Crippen molar-refractivity contribution in [3.63, 3.8) is 0 Å². The third kappa shape index (κ3) is 2.87. The van der Waals surface area contributed by atoms with Gasteiger partial charge in [-0.05, 0) is 48.6 Å². The molecule has 2 aromatic rings. The topological polar surface area (TPSA) is 25.2 Å². The molecule has 19 heavy (non-hydrogen) atoms. The molecule has 1 aliphatic rings. The first-order valence-electron chi connectivity index (χ1n) is 6.84. The minimum absolute atomic E-state index is 0.179. The maximum absolute atomic E-state index is 13.0. The van der Waals surface area contributed by atoms with Crippen LogP contribution in [0.1, 0.15) is 36.6 Å². The molecular formula is C16H18FNO. The smallest absolute Gasteiger partial charge is 0.123 e. The van der Waals surface area contributed by atoms with Gasteiger partial charge in [-0.15, -0.1) is 0 Å². The van der Waals surface area contributed by atoms with Gasteiger partial charge in [0.05, 0.1) is 12.8 Å². The third-order valence-electron chi connectivity index (χ3n) is 3.93. The third-order valence-corrected chi connectivity index (χ3v) is 3.93. The minimum Gasteiger partial charge on any atom is -0.468 e. The predicted molar refractivity (Wildman–Crippen MR) is 72.0 cm³/mol. The minimum atomic E-state index is -0.179. The van der Waals surface area contributed by atoms with E-state index < -0.39 is 0 Å². The summed E-state index contributed by atoms with van der Waals surface area (Å²) in [6.45, 7) is 0.714. The average Bonchev–Trinajstić information content (AvgIpc) is 2.86. The number of hydrogen-bond donors (Lipinski definition) is 1. The van der Waals surface area contributed by atoms with Gasteiger partial charge < -0.3 is 9.73 Å². The van der Waals surface area contributed by atoms with E-state index in [2.05, 4.69) is 5.32 Å². The van der Waals surface area contributed by atoms with Crippen LogP contribution in [-0.2, 0) is 6.54 Å². The number of hydrogen-bond acceptors (Lipinski definition) is 2. The molecule has 0 radical (unpaired) electrons. The molecule has 1 aromatic carbocycles. The number of halogens is 1. The van der Waals surface area contributed by atoms with Crippen LogP contribution >= 0.6 is 0 Å².